The highest BCUT2D eigenvalue weighted by atomic mass is 32.2. The minimum Gasteiger partial charge on any atom is -0.298 e. The zero-order valence-corrected chi connectivity index (χ0v) is 9.57. The molecule has 1 heterocycles. The predicted molar refractivity (Wildman–Crippen MR) is 62.7 cm³/mol. The van der Waals surface area contributed by atoms with Gasteiger partial charge in [-0.2, -0.15) is 0 Å². The molecule has 0 spiro atoms. The zero-order valence-electron chi connectivity index (χ0n) is 8.75. The van der Waals surface area contributed by atoms with Gasteiger partial charge in [0.25, 0.3) is 0 Å². The molecule has 3 nitrogen and oxygen atoms in total. The predicted octanol–water partition coefficient (Wildman–Crippen LogP) is 2.75. The maximum absolute atomic E-state index is 10.9. The molecule has 80 valence electrons. The molecule has 0 bridgehead atoms. The molecule has 1 aromatic carbocycles. The van der Waals surface area contributed by atoms with Crippen LogP contribution in [-0.4, -0.2) is 16.3 Å². The lowest BCUT2D eigenvalue weighted by molar-refractivity contribution is 0.112. The summed E-state index contributed by atoms with van der Waals surface area (Å²) in [5, 5.41) is 0.835. The first-order valence-electron chi connectivity index (χ1n) is 4.79. The fourth-order valence-electron chi connectivity index (χ4n) is 1.30. The smallest absolute Gasteiger partial charge is 0.151 e. The van der Waals surface area contributed by atoms with Crippen LogP contribution in [0.1, 0.15) is 15.9 Å². The van der Waals surface area contributed by atoms with E-state index < -0.39 is 0 Å². The van der Waals surface area contributed by atoms with Gasteiger partial charge >= 0.3 is 0 Å². The molecule has 0 unspecified atom stereocenters. The number of aromatic nitrogens is 2. The van der Waals surface area contributed by atoms with E-state index in [-0.39, 0.29) is 0 Å². The third kappa shape index (κ3) is 2.46. The zero-order chi connectivity index (χ0) is 11.4. The maximum Gasteiger partial charge on any atom is 0.151 e. The topological polar surface area (TPSA) is 42.9 Å². The summed E-state index contributed by atoms with van der Waals surface area (Å²) in [6.07, 6.45) is 4.05. The van der Waals surface area contributed by atoms with E-state index in [9.17, 15) is 4.79 Å². The van der Waals surface area contributed by atoms with Crippen LogP contribution in [0.4, 0.5) is 0 Å². The molecule has 16 heavy (non-hydrogen) atoms. The monoisotopic (exact) mass is 230 g/mol. The third-order valence-corrected chi connectivity index (χ3v) is 3.10. The molecule has 0 saturated carbocycles. The standard InChI is InChI=1S/C12H10N2OS/c1-9-2-3-11(10(6-9)7-15)16-12-4-5-13-8-14-12/h2-8H,1H3. The van der Waals surface area contributed by atoms with E-state index in [2.05, 4.69) is 9.97 Å². The summed E-state index contributed by atoms with van der Waals surface area (Å²) < 4.78 is 0. The second-order valence-corrected chi connectivity index (χ2v) is 4.37. The molecule has 0 saturated heterocycles. The van der Waals surface area contributed by atoms with Crippen molar-refractivity contribution in [3.63, 3.8) is 0 Å². The van der Waals surface area contributed by atoms with Gasteiger partial charge in [-0.15, -0.1) is 0 Å². The van der Waals surface area contributed by atoms with Crippen LogP contribution in [-0.2, 0) is 0 Å². The van der Waals surface area contributed by atoms with Crippen molar-refractivity contribution in [1.82, 2.24) is 9.97 Å². The summed E-state index contributed by atoms with van der Waals surface area (Å²) in [6.45, 7) is 1.96. The molecule has 0 aliphatic carbocycles. The molecule has 0 fully saturated rings. The van der Waals surface area contributed by atoms with Crippen LogP contribution in [0.2, 0.25) is 0 Å². The Labute approximate surface area is 97.9 Å². The quantitative estimate of drug-likeness (QED) is 0.600. The minimum absolute atomic E-state index is 0.698. The summed E-state index contributed by atoms with van der Waals surface area (Å²) in [5.41, 5.74) is 1.78. The molecule has 0 aliphatic heterocycles. The first-order chi connectivity index (χ1) is 7.79. The summed E-state index contributed by atoms with van der Waals surface area (Å²) in [6, 6.07) is 7.61. The van der Waals surface area contributed by atoms with Gasteiger partial charge in [-0.05, 0) is 25.1 Å². The van der Waals surface area contributed by atoms with E-state index in [1.54, 1.807) is 6.20 Å². The van der Waals surface area contributed by atoms with Crippen LogP contribution in [0.15, 0.2) is 46.7 Å². The van der Waals surface area contributed by atoms with Crippen molar-refractivity contribution in [3.05, 3.63) is 47.9 Å². The number of aldehydes is 1. The van der Waals surface area contributed by atoms with Gasteiger partial charge in [-0.1, -0.05) is 23.4 Å². The number of carbonyl (C=O) groups is 1. The Morgan fingerprint density at radius 3 is 2.88 bits per heavy atom. The van der Waals surface area contributed by atoms with Crippen molar-refractivity contribution in [2.75, 3.05) is 0 Å². The SMILES string of the molecule is Cc1ccc(Sc2ccncn2)c(C=O)c1. The Balaban J connectivity index is 2.31. The normalized spacial score (nSPS) is 10.1. The molecule has 0 atom stereocenters. The van der Waals surface area contributed by atoms with E-state index >= 15 is 0 Å². The first kappa shape index (κ1) is 10.8. The van der Waals surface area contributed by atoms with Crippen LogP contribution in [0.25, 0.3) is 0 Å². The highest BCUT2D eigenvalue weighted by Gasteiger charge is 2.04. The van der Waals surface area contributed by atoms with Gasteiger partial charge in [-0.3, -0.25) is 4.79 Å². The fraction of sp³-hybridized carbons (Fsp3) is 0.0833. The molecule has 2 rings (SSSR count). The van der Waals surface area contributed by atoms with Crippen LogP contribution in [0.3, 0.4) is 0 Å². The highest BCUT2D eigenvalue weighted by Crippen LogP contribution is 2.28. The van der Waals surface area contributed by atoms with Crippen LogP contribution in [0, 0.1) is 6.92 Å². The van der Waals surface area contributed by atoms with Gasteiger partial charge in [0.1, 0.15) is 11.4 Å². The lowest BCUT2D eigenvalue weighted by atomic mass is 10.2. The van der Waals surface area contributed by atoms with E-state index in [0.717, 1.165) is 21.8 Å². The molecule has 1 aromatic heterocycles. The van der Waals surface area contributed by atoms with Crippen molar-refractivity contribution in [1.29, 1.82) is 0 Å². The van der Waals surface area contributed by atoms with Crippen LogP contribution >= 0.6 is 11.8 Å². The number of carbonyl (C=O) groups excluding carboxylic acids is 1. The van der Waals surface area contributed by atoms with Gasteiger partial charge in [0.2, 0.25) is 0 Å². The van der Waals surface area contributed by atoms with Crippen molar-refractivity contribution >= 4 is 18.0 Å². The van der Waals surface area contributed by atoms with Crippen molar-refractivity contribution in [3.8, 4) is 0 Å². The number of nitrogens with zero attached hydrogens (tertiary/aromatic N) is 2. The molecule has 0 N–H and O–H groups in total. The van der Waals surface area contributed by atoms with Crippen molar-refractivity contribution in [2.45, 2.75) is 16.8 Å². The first-order valence-corrected chi connectivity index (χ1v) is 5.61. The number of hydrogen-bond donors (Lipinski definition) is 0. The number of hydrogen-bond acceptors (Lipinski definition) is 4. The van der Waals surface area contributed by atoms with Crippen LogP contribution < -0.4 is 0 Å². The molecular weight excluding hydrogens is 220 g/mol. The minimum atomic E-state index is 0.698. The largest absolute Gasteiger partial charge is 0.298 e. The van der Waals surface area contributed by atoms with Gasteiger partial charge in [0.15, 0.2) is 6.29 Å². The van der Waals surface area contributed by atoms with Crippen molar-refractivity contribution < 1.29 is 4.79 Å². The second-order valence-electron chi connectivity index (χ2n) is 3.31. The Hall–Kier alpha value is -1.68. The van der Waals surface area contributed by atoms with Crippen molar-refractivity contribution in [2.24, 2.45) is 0 Å². The highest BCUT2D eigenvalue weighted by molar-refractivity contribution is 7.99. The lowest BCUT2D eigenvalue weighted by Gasteiger charge is -2.04. The molecular formula is C12H10N2OS. The number of rotatable bonds is 3. The number of benzene rings is 1. The molecule has 2 aromatic rings. The summed E-state index contributed by atoms with van der Waals surface area (Å²) in [5.74, 6) is 0. The van der Waals surface area contributed by atoms with E-state index in [1.165, 1.54) is 18.1 Å². The molecule has 4 heteroatoms. The third-order valence-electron chi connectivity index (χ3n) is 2.06. The van der Waals surface area contributed by atoms with Gasteiger partial charge in [0.05, 0.1) is 0 Å². The molecule has 0 amide bonds. The average Bonchev–Trinajstić information content (AvgIpc) is 2.33. The Morgan fingerprint density at radius 1 is 1.31 bits per heavy atom. The Morgan fingerprint density at radius 2 is 2.19 bits per heavy atom. The second kappa shape index (κ2) is 4.90. The summed E-state index contributed by atoms with van der Waals surface area (Å²) in [4.78, 5) is 19.8. The average molecular weight is 230 g/mol. The van der Waals surface area contributed by atoms with E-state index in [1.807, 2.05) is 31.2 Å². The Bertz CT molecular complexity index is 500. The van der Waals surface area contributed by atoms with Gasteiger partial charge in [0, 0.05) is 16.7 Å². The number of aryl methyl sites for hydroxylation is 1. The maximum atomic E-state index is 10.9. The van der Waals surface area contributed by atoms with E-state index in [0.29, 0.717) is 5.56 Å². The summed E-state index contributed by atoms with van der Waals surface area (Å²) in [7, 11) is 0. The molecule has 0 radical (unpaired) electrons. The summed E-state index contributed by atoms with van der Waals surface area (Å²) >= 11 is 1.47. The van der Waals surface area contributed by atoms with Gasteiger partial charge < -0.3 is 0 Å². The fourth-order valence-corrected chi connectivity index (χ4v) is 2.12. The lowest BCUT2D eigenvalue weighted by Crippen LogP contribution is -1.88. The Kier molecular flexibility index (Phi) is 3.31. The van der Waals surface area contributed by atoms with E-state index in [4.69, 9.17) is 0 Å². The van der Waals surface area contributed by atoms with Crippen LogP contribution in [0.5, 0.6) is 0 Å². The van der Waals surface area contributed by atoms with Gasteiger partial charge in [-0.25, -0.2) is 9.97 Å². The molecule has 0 aliphatic rings.